The summed E-state index contributed by atoms with van der Waals surface area (Å²) in [6.45, 7) is 0. The SMILES string of the molecule is S=c1[nH]ccn1-c1cccnc1. The molecule has 2 aromatic heterocycles. The predicted molar refractivity (Wildman–Crippen MR) is 48.7 cm³/mol. The van der Waals surface area contributed by atoms with Crippen molar-refractivity contribution in [2.24, 2.45) is 0 Å². The van der Waals surface area contributed by atoms with Crippen molar-refractivity contribution in [2.75, 3.05) is 0 Å². The number of aromatic nitrogens is 3. The molecule has 2 rings (SSSR count). The van der Waals surface area contributed by atoms with Crippen LogP contribution in [0.2, 0.25) is 0 Å². The lowest BCUT2D eigenvalue weighted by molar-refractivity contribution is 1.02. The second kappa shape index (κ2) is 2.91. The first-order chi connectivity index (χ1) is 5.88. The normalized spacial score (nSPS) is 10.0. The van der Waals surface area contributed by atoms with Gasteiger partial charge in [-0.3, -0.25) is 9.55 Å². The maximum atomic E-state index is 5.05. The van der Waals surface area contributed by atoms with Gasteiger partial charge in [-0.25, -0.2) is 0 Å². The quantitative estimate of drug-likeness (QED) is 0.675. The molecule has 0 amide bonds. The number of H-pyrrole nitrogens is 1. The van der Waals surface area contributed by atoms with Crippen molar-refractivity contribution in [3.05, 3.63) is 41.7 Å². The standard InChI is InChI=1S/C8H7N3S/c12-8-10-4-5-11(8)7-2-1-3-9-6-7/h1-6H,(H,10,12). The summed E-state index contributed by atoms with van der Waals surface area (Å²) in [7, 11) is 0. The van der Waals surface area contributed by atoms with E-state index in [2.05, 4.69) is 9.97 Å². The largest absolute Gasteiger partial charge is 0.337 e. The Labute approximate surface area is 74.7 Å². The predicted octanol–water partition coefficient (Wildman–Crippen LogP) is 1.93. The van der Waals surface area contributed by atoms with E-state index in [4.69, 9.17) is 12.2 Å². The van der Waals surface area contributed by atoms with E-state index >= 15 is 0 Å². The van der Waals surface area contributed by atoms with Crippen molar-refractivity contribution in [3.63, 3.8) is 0 Å². The van der Waals surface area contributed by atoms with Crippen molar-refractivity contribution in [3.8, 4) is 5.69 Å². The zero-order valence-corrected chi connectivity index (χ0v) is 7.08. The molecular weight excluding hydrogens is 170 g/mol. The van der Waals surface area contributed by atoms with E-state index in [9.17, 15) is 0 Å². The second-order valence-electron chi connectivity index (χ2n) is 2.35. The van der Waals surface area contributed by atoms with Crippen LogP contribution in [0, 0.1) is 4.77 Å². The van der Waals surface area contributed by atoms with Gasteiger partial charge in [0.15, 0.2) is 4.77 Å². The number of imidazole rings is 1. The second-order valence-corrected chi connectivity index (χ2v) is 2.73. The number of pyridine rings is 1. The van der Waals surface area contributed by atoms with Crippen molar-refractivity contribution < 1.29 is 0 Å². The molecule has 0 fully saturated rings. The van der Waals surface area contributed by atoms with E-state index in [1.54, 1.807) is 18.6 Å². The molecule has 0 radical (unpaired) electrons. The molecule has 0 bridgehead atoms. The van der Waals surface area contributed by atoms with Crippen LogP contribution >= 0.6 is 12.2 Å². The molecule has 0 aliphatic rings. The fraction of sp³-hybridized carbons (Fsp3) is 0. The van der Waals surface area contributed by atoms with Gasteiger partial charge in [-0.15, -0.1) is 0 Å². The van der Waals surface area contributed by atoms with Crippen LogP contribution in [0.1, 0.15) is 0 Å². The number of hydrogen-bond donors (Lipinski definition) is 1. The molecule has 12 heavy (non-hydrogen) atoms. The van der Waals surface area contributed by atoms with E-state index in [-0.39, 0.29) is 0 Å². The van der Waals surface area contributed by atoms with Crippen LogP contribution < -0.4 is 0 Å². The van der Waals surface area contributed by atoms with Crippen LogP contribution in [0.4, 0.5) is 0 Å². The van der Waals surface area contributed by atoms with E-state index < -0.39 is 0 Å². The number of nitrogens with one attached hydrogen (secondary N) is 1. The molecular formula is C8H7N3S. The van der Waals surface area contributed by atoms with Crippen LogP contribution in [-0.2, 0) is 0 Å². The summed E-state index contributed by atoms with van der Waals surface area (Å²) in [5.41, 5.74) is 0.976. The third-order valence-electron chi connectivity index (χ3n) is 1.57. The molecule has 0 saturated heterocycles. The van der Waals surface area contributed by atoms with Crippen LogP contribution in [0.5, 0.6) is 0 Å². The molecule has 2 heterocycles. The fourth-order valence-corrected chi connectivity index (χ4v) is 1.25. The highest BCUT2D eigenvalue weighted by atomic mass is 32.1. The maximum absolute atomic E-state index is 5.05. The number of hydrogen-bond acceptors (Lipinski definition) is 2. The molecule has 0 unspecified atom stereocenters. The Morgan fingerprint density at radius 1 is 1.50 bits per heavy atom. The summed E-state index contributed by atoms with van der Waals surface area (Å²) in [5, 5.41) is 0. The van der Waals surface area contributed by atoms with Crippen molar-refractivity contribution in [2.45, 2.75) is 0 Å². The minimum atomic E-state index is 0.683. The fourth-order valence-electron chi connectivity index (χ4n) is 1.02. The van der Waals surface area contributed by atoms with Crippen LogP contribution in [0.3, 0.4) is 0 Å². The first kappa shape index (κ1) is 7.24. The Hall–Kier alpha value is -1.42. The van der Waals surface area contributed by atoms with Crippen molar-refractivity contribution in [1.29, 1.82) is 0 Å². The van der Waals surface area contributed by atoms with Gasteiger partial charge in [-0.05, 0) is 24.4 Å². The highest BCUT2D eigenvalue weighted by Crippen LogP contribution is 2.04. The Balaban J connectivity index is 2.59. The third-order valence-corrected chi connectivity index (χ3v) is 1.89. The van der Waals surface area contributed by atoms with Gasteiger partial charge in [-0.1, -0.05) is 0 Å². The molecule has 1 N–H and O–H groups in total. The Kier molecular flexibility index (Phi) is 1.75. The summed E-state index contributed by atoms with van der Waals surface area (Å²) < 4.78 is 2.55. The molecule has 4 heteroatoms. The monoisotopic (exact) mass is 177 g/mol. The van der Waals surface area contributed by atoms with E-state index in [1.807, 2.05) is 22.9 Å². The Morgan fingerprint density at radius 3 is 3.00 bits per heavy atom. The summed E-state index contributed by atoms with van der Waals surface area (Å²) in [4.78, 5) is 6.92. The first-order valence-corrected chi connectivity index (χ1v) is 3.95. The maximum Gasteiger partial charge on any atom is 0.181 e. The van der Waals surface area contributed by atoms with Gasteiger partial charge in [0.05, 0.1) is 11.9 Å². The minimum absolute atomic E-state index is 0.683. The zero-order valence-electron chi connectivity index (χ0n) is 6.27. The number of nitrogens with zero attached hydrogens (tertiary/aromatic N) is 2. The van der Waals surface area contributed by atoms with E-state index in [1.165, 1.54) is 0 Å². The van der Waals surface area contributed by atoms with Crippen molar-refractivity contribution in [1.82, 2.24) is 14.5 Å². The van der Waals surface area contributed by atoms with Crippen LogP contribution in [0.25, 0.3) is 5.69 Å². The van der Waals surface area contributed by atoms with Gasteiger partial charge in [-0.2, -0.15) is 0 Å². The molecule has 0 aliphatic heterocycles. The molecule has 0 atom stereocenters. The summed E-state index contributed by atoms with van der Waals surface area (Å²) >= 11 is 5.05. The van der Waals surface area contributed by atoms with Gasteiger partial charge in [0, 0.05) is 18.6 Å². The Morgan fingerprint density at radius 2 is 2.42 bits per heavy atom. The lowest BCUT2D eigenvalue weighted by Gasteiger charge is -1.98. The topological polar surface area (TPSA) is 33.6 Å². The molecule has 0 saturated carbocycles. The average molecular weight is 177 g/mol. The highest BCUT2D eigenvalue weighted by molar-refractivity contribution is 7.71. The van der Waals surface area contributed by atoms with Gasteiger partial charge < -0.3 is 4.98 Å². The summed E-state index contributed by atoms with van der Waals surface area (Å²) in [5.74, 6) is 0. The molecule has 60 valence electrons. The number of rotatable bonds is 1. The average Bonchev–Trinajstić information content (AvgIpc) is 2.53. The molecule has 3 nitrogen and oxygen atoms in total. The first-order valence-electron chi connectivity index (χ1n) is 3.54. The molecule has 2 aromatic rings. The molecule has 0 aliphatic carbocycles. The van der Waals surface area contributed by atoms with Gasteiger partial charge in [0.1, 0.15) is 0 Å². The zero-order chi connectivity index (χ0) is 8.39. The van der Waals surface area contributed by atoms with E-state index in [0.29, 0.717) is 4.77 Å². The van der Waals surface area contributed by atoms with Crippen LogP contribution in [0.15, 0.2) is 36.9 Å². The van der Waals surface area contributed by atoms with Gasteiger partial charge in [0.2, 0.25) is 0 Å². The molecule has 0 aromatic carbocycles. The Bertz CT molecular complexity index is 415. The minimum Gasteiger partial charge on any atom is -0.337 e. The lowest BCUT2D eigenvalue weighted by atomic mass is 10.4. The third kappa shape index (κ3) is 1.16. The number of aromatic amines is 1. The van der Waals surface area contributed by atoms with Crippen LogP contribution in [-0.4, -0.2) is 14.5 Å². The van der Waals surface area contributed by atoms with E-state index in [0.717, 1.165) is 5.69 Å². The summed E-state index contributed by atoms with van der Waals surface area (Å²) in [6, 6.07) is 3.83. The smallest absolute Gasteiger partial charge is 0.181 e. The van der Waals surface area contributed by atoms with Gasteiger partial charge in [0.25, 0.3) is 0 Å². The van der Waals surface area contributed by atoms with Gasteiger partial charge >= 0.3 is 0 Å². The highest BCUT2D eigenvalue weighted by Gasteiger charge is 1.94. The van der Waals surface area contributed by atoms with Crippen molar-refractivity contribution >= 4 is 12.2 Å². The summed E-state index contributed by atoms with van der Waals surface area (Å²) in [6.07, 6.45) is 7.18. The lowest BCUT2D eigenvalue weighted by Crippen LogP contribution is -1.91. The molecule has 0 spiro atoms.